The maximum atomic E-state index is 11.6. The Bertz CT molecular complexity index is 219. The van der Waals surface area contributed by atoms with E-state index in [0.29, 0.717) is 6.61 Å². The Morgan fingerprint density at radius 1 is 0.850 bits per heavy atom. The Labute approximate surface area is 125 Å². The average molecular weight is 285 g/mol. The SMILES string of the molecule is CCCCCCCCCOC(=O)C(N)CCCCCC. The number of hydrogen-bond acceptors (Lipinski definition) is 3. The predicted octanol–water partition coefficient (Wildman–Crippen LogP) is 4.58. The first-order valence-corrected chi connectivity index (χ1v) is 8.64. The summed E-state index contributed by atoms with van der Waals surface area (Å²) >= 11 is 0. The van der Waals surface area contributed by atoms with Crippen LogP contribution in [0.5, 0.6) is 0 Å². The van der Waals surface area contributed by atoms with Crippen LogP contribution >= 0.6 is 0 Å². The highest BCUT2D eigenvalue weighted by atomic mass is 16.5. The van der Waals surface area contributed by atoms with Crippen molar-refractivity contribution in [2.24, 2.45) is 5.73 Å². The Morgan fingerprint density at radius 3 is 1.95 bits per heavy atom. The summed E-state index contributed by atoms with van der Waals surface area (Å²) in [5.41, 5.74) is 5.82. The van der Waals surface area contributed by atoms with Gasteiger partial charge in [0.2, 0.25) is 0 Å². The van der Waals surface area contributed by atoms with Crippen molar-refractivity contribution in [2.75, 3.05) is 6.61 Å². The summed E-state index contributed by atoms with van der Waals surface area (Å²) in [7, 11) is 0. The lowest BCUT2D eigenvalue weighted by molar-refractivity contribution is -0.145. The molecule has 0 aromatic rings. The fraction of sp³-hybridized carbons (Fsp3) is 0.941. The molecule has 0 aromatic carbocycles. The normalized spacial score (nSPS) is 12.3. The van der Waals surface area contributed by atoms with E-state index in [9.17, 15) is 4.79 Å². The van der Waals surface area contributed by atoms with Gasteiger partial charge in [-0.1, -0.05) is 78.1 Å². The van der Waals surface area contributed by atoms with E-state index in [1.807, 2.05) is 0 Å². The van der Waals surface area contributed by atoms with Crippen LogP contribution in [-0.4, -0.2) is 18.6 Å². The average Bonchev–Trinajstić information content (AvgIpc) is 2.46. The number of carbonyl (C=O) groups excluding carboxylic acids is 1. The third-order valence-electron chi connectivity index (χ3n) is 3.66. The molecule has 3 heteroatoms. The van der Waals surface area contributed by atoms with Gasteiger partial charge in [0.25, 0.3) is 0 Å². The summed E-state index contributed by atoms with van der Waals surface area (Å²) in [6, 6.07) is -0.420. The second kappa shape index (κ2) is 14.8. The maximum absolute atomic E-state index is 11.6. The molecule has 20 heavy (non-hydrogen) atoms. The zero-order valence-corrected chi connectivity index (χ0v) is 13.7. The van der Waals surface area contributed by atoms with Crippen LogP contribution in [-0.2, 0) is 9.53 Å². The van der Waals surface area contributed by atoms with E-state index < -0.39 is 6.04 Å². The van der Waals surface area contributed by atoms with Crippen molar-refractivity contribution >= 4 is 5.97 Å². The molecule has 0 bridgehead atoms. The van der Waals surface area contributed by atoms with Gasteiger partial charge in [-0.3, -0.25) is 4.79 Å². The van der Waals surface area contributed by atoms with Gasteiger partial charge < -0.3 is 10.5 Å². The van der Waals surface area contributed by atoms with E-state index in [1.54, 1.807) is 0 Å². The first-order valence-electron chi connectivity index (χ1n) is 8.64. The fourth-order valence-corrected chi connectivity index (χ4v) is 2.25. The lowest BCUT2D eigenvalue weighted by Crippen LogP contribution is -2.32. The van der Waals surface area contributed by atoms with Crippen LogP contribution < -0.4 is 5.73 Å². The molecule has 2 N–H and O–H groups in total. The van der Waals surface area contributed by atoms with Crippen molar-refractivity contribution in [3.8, 4) is 0 Å². The summed E-state index contributed by atoms with van der Waals surface area (Å²) in [5, 5.41) is 0. The number of ether oxygens (including phenoxy) is 1. The van der Waals surface area contributed by atoms with E-state index in [0.717, 1.165) is 32.1 Å². The Balaban J connectivity index is 3.34. The Kier molecular flexibility index (Phi) is 14.4. The molecular formula is C17H35NO2. The second-order valence-electron chi connectivity index (χ2n) is 5.74. The summed E-state index contributed by atoms with van der Waals surface area (Å²) in [6.45, 7) is 4.94. The van der Waals surface area contributed by atoms with E-state index in [1.165, 1.54) is 44.9 Å². The minimum Gasteiger partial charge on any atom is -0.465 e. The monoisotopic (exact) mass is 285 g/mol. The second-order valence-corrected chi connectivity index (χ2v) is 5.74. The summed E-state index contributed by atoms with van der Waals surface area (Å²) in [4.78, 5) is 11.6. The summed E-state index contributed by atoms with van der Waals surface area (Å²) < 4.78 is 5.22. The maximum Gasteiger partial charge on any atom is 0.322 e. The lowest BCUT2D eigenvalue weighted by Gasteiger charge is -2.11. The quantitative estimate of drug-likeness (QED) is 0.375. The lowest BCUT2D eigenvalue weighted by atomic mass is 10.1. The van der Waals surface area contributed by atoms with Gasteiger partial charge in [-0.25, -0.2) is 0 Å². The molecule has 0 saturated carbocycles. The fourth-order valence-electron chi connectivity index (χ4n) is 2.25. The Hall–Kier alpha value is -0.570. The van der Waals surface area contributed by atoms with Gasteiger partial charge in [-0.05, 0) is 12.8 Å². The molecular weight excluding hydrogens is 250 g/mol. The largest absolute Gasteiger partial charge is 0.465 e. The van der Waals surface area contributed by atoms with Gasteiger partial charge in [-0.15, -0.1) is 0 Å². The zero-order chi connectivity index (χ0) is 15.1. The van der Waals surface area contributed by atoms with Gasteiger partial charge in [0.15, 0.2) is 0 Å². The third kappa shape index (κ3) is 12.5. The molecule has 3 nitrogen and oxygen atoms in total. The van der Waals surface area contributed by atoms with Gasteiger partial charge in [0, 0.05) is 0 Å². The molecule has 0 aliphatic rings. The molecule has 0 heterocycles. The predicted molar refractivity (Wildman–Crippen MR) is 85.7 cm³/mol. The molecule has 1 atom stereocenters. The molecule has 0 spiro atoms. The standard InChI is InChI=1S/C17H35NO2/c1-3-5-7-9-10-11-13-15-20-17(19)16(18)14-12-8-6-4-2/h16H,3-15,18H2,1-2H3. The highest BCUT2D eigenvalue weighted by Gasteiger charge is 2.13. The van der Waals surface area contributed by atoms with Gasteiger partial charge in [-0.2, -0.15) is 0 Å². The highest BCUT2D eigenvalue weighted by molar-refractivity contribution is 5.75. The van der Waals surface area contributed by atoms with Gasteiger partial charge >= 0.3 is 5.97 Å². The summed E-state index contributed by atoms with van der Waals surface area (Å²) in [6.07, 6.45) is 14.0. The molecule has 0 fully saturated rings. The molecule has 0 aliphatic heterocycles. The number of hydrogen-bond donors (Lipinski definition) is 1. The zero-order valence-electron chi connectivity index (χ0n) is 13.7. The first kappa shape index (κ1) is 19.4. The van der Waals surface area contributed by atoms with Crippen LogP contribution in [0.3, 0.4) is 0 Å². The van der Waals surface area contributed by atoms with Crippen LogP contribution in [0.1, 0.15) is 90.9 Å². The van der Waals surface area contributed by atoms with E-state index in [2.05, 4.69) is 13.8 Å². The van der Waals surface area contributed by atoms with Crippen LogP contribution in [0.2, 0.25) is 0 Å². The molecule has 120 valence electrons. The minimum atomic E-state index is -0.420. The number of carbonyl (C=O) groups is 1. The van der Waals surface area contributed by atoms with Crippen molar-refractivity contribution in [1.82, 2.24) is 0 Å². The Morgan fingerprint density at radius 2 is 1.35 bits per heavy atom. The molecule has 0 amide bonds. The van der Waals surface area contributed by atoms with Gasteiger partial charge in [0.05, 0.1) is 6.61 Å². The van der Waals surface area contributed by atoms with Crippen LogP contribution in [0.25, 0.3) is 0 Å². The van der Waals surface area contributed by atoms with E-state index in [-0.39, 0.29) is 5.97 Å². The molecule has 0 aromatic heterocycles. The van der Waals surface area contributed by atoms with Crippen LogP contribution in [0.4, 0.5) is 0 Å². The van der Waals surface area contributed by atoms with Crippen molar-refractivity contribution in [3.05, 3.63) is 0 Å². The number of rotatable bonds is 14. The van der Waals surface area contributed by atoms with Crippen LogP contribution in [0.15, 0.2) is 0 Å². The third-order valence-corrected chi connectivity index (χ3v) is 3.66. The minimum absolute atomic E-state index is 0.215. The number of esters is 1. The molecule has 0 saturated heterocycles. The smallest absolute Gasteiger partial charge is 0.322 e. The van der Waals surface area contributed by atoms with Crippen LogP contribution in [0, 0.1) is 0 Å². The van der Waals surface area contributed by atoms with E-state index >= 15 is 0 Å². The van der Waals surface area contributed by atoms with Crippen molar-refractivity contribution in [2.45, 2.75) is 96.9 Å². The van der Waals surface area contributed by atoms with Crippen molar-refractivity contribution < 1.29 is 9.53 Å². The van der Waals surface area contributed by atoms with Crippen molar-refractivity contribution in [3.63, 3.8) is 0 Å². The molecule has 0 rings (SSSR count). The number of nitrogens with two attached hydrogens (primary N) is 1. The molecule has 0 radical (unpaired) electrons. The van der Waals surface area contributed by atoms with Crippen molar-refractivity contribution in [1.29, 1.82) is 0 Å². The highest BCUT2D eigenvalue weighted by Crippen LogP contribution is 2.08. The van der Waals surface area contributed by atoms with Gasteiger partial charge in [0.1, 0.15) is 6.04 Å². The molecule has 1 unspecified atom stereocenters. The van der Waals surface area contributed by atoms with E-state index in [4.69, 9.17) is 10.5 Å². The topological polar surface area (TPSA) is 52.3 Å². The number of unbranched alkanes of at least 4 members (excludes halogenated alkanes) is 9. The molecule has 0 aliphatic carbocycles. The summed E-state index contributed by atoms with van der Waals surface area (Å²) in [5.74, 6) is -0.215. The first-order chi connectivity index (χ1) is 9.72.